The maximum Gasteiger partial charge on any atom is 0.193 e. The first-order chi connectivity index (χ1) is 10.8. The summed E-state index contributed by atoms with van der Waals surface area (Å²) in [6.07, 6.45) is 1.14. The molecule has 1 N–H and O–H groups in total. The fraction of sp³-hybridized carbons (Fsp3) is 0.529. The summed E-state index contributed by atoms with van der Waals surface area (Å²) >= 11 is 0. The number of hydrogen-bond acceptors (Lipinski definition) is 3. The normalized spacial score (nSPS) is 18.3. The van der Waals surface area contributed by atoms with Crippen molar-refractivity contribution >= 4 is 5.96 Å². The van der Waals surface area contributed by atoms with Crippen LogP contribution in [0.4, 0.5) is 0 Å². The molecule has 5 nitrogen and oxygen atoms in total. The van der Waals surface area contributed by atoms with Crippen LogP contribution in [0.1, 0.15) is 24.5 Å². The van der Waals surface area contributed by atoms with Crippen molar-refractivity contribution in [1.82, 2.24) is 10.2 Å². The fourth-order valence-corrected chi connectivity index (χ4v) is 2.71. The van der Waals surface area contributed by atoms with Crippen LogP contribution in [0.15, 0.2) is 29.3 Å². The van der Waals surface area contributed by atoms with Crippen LogP contribution in [-0.2, 0) is 11.3 Å². The number of nitrogens with one attached hydrogen (secondary N) is 1. The van der Waals surface area contributed by atoms with Gasteiger partial charge in [0.25, 0.3) is 0 Å². The molecule has 1 aromatic rings. The summed E-state index contributed by atoms with van der Waals surface area (Å²) in [5, 5.41) is 12.3. The number of nitrogens with zero attached hydrogens (tertiary/aromatic N) is 3. The zero-order valence-electron chi connectivity index (χ0n) is 13.4. The predicted octanol–water partition coefficient (Wildman–Crippen LogP) is 1.99. The second kappa shape index (κ2) is 8.40. The molecule has 118 valence electrons. The second-order valence-corrected chi connectivity index (χ2v) is 5.47. The van der Waals surface area contributed by atoms with Gasteiger partial charge in [-0.05, 0) is 31.0 Å². The Bertz CT molecular complexity index is 550. The second-order valence-electron chi connectivity index (χ2n) is 5.47. The highest BCUT2D eigenvalue weighted by Crippen LogP contribution is 2.16. The van der Waals surface area contributed by atoms with Crippen LogP contribution in [0.2, 0.25) is 0 Å². The molecule has 1 fully saturated rings. The minimum Gasteiger partial charge on any atom is -0.381 e. The molecule has 1 unspecified atom stereocenters. The van der Waals surface area contributed by atoms with Crippen LogP contribution >= 0.6 is 0 Å². The van der Waals surface area contributed by atoms with Gasteiger partial charge < -0.3 is 15.0 Å². The molecule has 0 bridgehead atoms. The molecule has 0 radical (unpaired) electrons. The first kappa shape index (κ1) is 16.3. The minimum absolute atomic E-state index is 0.584. The van der Waals surface area contributed by atoms with E-state index in [-0.39, 0.29) is 0 Å². The Morgan fingerprint density at radius 1 is 1.55 bits per heavy atom. The Kier molecular flexibility index (Phi) is 6.23. The molecule has 22 heavy (non-hydrogen) atoms. The molecule has 1 aliphatic heterocycles. The van der Waals surface area contributed by atoms with Crippen molar-refractivity contribution in [2.45, 2.75) is 19.9 Å². The first-order valence-electron chi connectivity index (χ1n) is 7.79. The van der Waals surface area contributed by atoms with E-state index in [4.69, 9.17) is 10.00 Å². The molecular formula is C17H24N4O. The number of hydrogen-bond donors (Lipinski definition) is 1. The standard InChI is InChI=1S/C17H24N4O/c1-3-22-13-16-7-8-21(12-16)17(19-2)20-11-15-6-4-5-14(9-15)10-18/h4-6,9,16H,3,7-8,11-13H2,1-2H3,(H,19,20). The zero-order chi connectivity index (χ0) is 15.8. The van der Waals surface area contributed by atoms with E-state index in [1.165, 1.54) is 0 Å². The van der Waals surface area contributed by atoms with Gasteiger partial charge in [-0.2, -0.15) is 5.26 Å². The van der Waals surface area contributed by atoms with Crippen molar-refractivity contribution in [2.24, 2.45) is 10.9 Å². The maximum absolute atomic E-state index is 8.94. The molecule has 1 aliphatic rings. The Balaban J connectivity index is 1.87. The van der Waals surface area contributed by atoms with Gasteiger partial charge in [0.15, 0.2) is 5.96 Å². The summed E-state index contributed by atoms with van der Waals surface area (Å²) in [4.78, 5) is 6.64. The average molecular weight is 300 g/mol. The van der Waals surface area contributed by atoms with E-state index in [0.717, 1.165) is 44.2 Å². The smallest absolute Gasteiger partial charge is 0.193 e. The van der Waals surface area contributed by atoms with E-state index < -0.39 is 0 Å². The highest BCUT2D eigenvalue weighted by molar-refractivity contribution is 5.80. The van der Waals surface area contributed by atoms with Crippen LogP contribution in [-0.4, -0.2) is 44.2 Å². The quantitative estimate of drug-likeness (QED) is 0.667. The van der Waals surface area contributed by atoms with Crippen molar-refractivity contribution in [3.8, 4) is 6.07 Å². The topological polar surface area (TPSA) is 60.6 Å². The summed E-state index contributed by atoms with van der Waals surface area (Å²) < 4.78 is 5.52. The number of likely N-dealkylation sites (tertiary alicyclic amines) is 1. The third-order valence-corrected chi connectivity index (χ3v) is 3.86. The van der Waals surface area contributed by atoms with Gasteiger partial charge in [-0.25, -0.2) is 0 Å². The predicted molar refractivity (Wildman–Crippen MR) is 87.5 cm³/mol. The SMILES string of the molecule is CCOCC1CCN(C(=NC)NCc2cccc(C#N)c2)C1. The van der Waals surface area contributed by atoms with E-state index in [1.807, 2.05) is 38.2 Å². The third-order valence-electron chi connectivity index (χ3n) is 3.86. The molecule has 1 saturated heterocycles. The number of ether oxygens (including phenoxy) is 1. The van der Waals surface area contributed by atoms with Gasteiger partial charge in [0.1, 0.15) is 0 Å². The Hall–Kier alpha value is -2.06. The largest absolute Gasteiger partial charge is 0.381 e. The van der Waals surface area contributed by atoms with Crippen molar-refractivity contribution in [3.05, 3.63) is 35.4 Å². The molecule has 0 spiro atoms. The van der Waals surface area contributed by atoms with Crippen LogP contribution < -0.4 is 5.32 Å². The van der Waals surface area contributed by atoms with Gasteiger partial charge in [0.2, 0.25) is 0 Å². The molecule has 0 saturated carbocycles. The van der Waals surface area contributed by atoms with Crippen LogP contribution in [0.3, 0.4) is 0 Å². The lowest BCUT2D eigenvalue weighted by Crippen LogP contribution is -2.39. The van der Waals surface area contributed by atoms with Gasteiger partial charge >= 0.3 is 0 Å². The molecular weight excluding hydrogens is 276 g/mol. The van der Waals surface area contributed by atoms with Crippen LogP contribution in [0, 0.1) is 17.2 Å². The van der Waals surface area contributed by atoms with Gasteiger partial charge in [0, 0.05) is 39.2 Å². The first-order valence-corrected chi connectivity index (χ1v) is 7.79. The number of aliphatic imine (C=N–C) groups is 1. The van der Waals surface area contributed by atoms with Gasteiger partial charge in [-0.15, -0.1) is 0 Å². The summed E-state index contributed by atoms with van der Waals surface area (Å²) in [6.45, 7) is 6.30. The number of benzene rings is 1. The van der Waals surface area contributed by atoms with Crippen molar-refractivity contribution < 1.29 is 4.74 Å². The lowest BCUT2D eigenvalue weighted by molar-refractivity contribution is 0.114. The Morgan fingerprint density at radius 3 is 3.14 bits per heavy atom. The van der Waals surface area contributed by atoms with E-state index in [0.29, 0.717) is 18.0 Å². The molecule has 0 aliphatic carbocycles. The summed E-state index contributed by atoms with van der Waals surface area (Å²) in [5.41, 5.74) is 1.78. The summed E-state index contributed by atoms with van der Waals surface area (Å²) in [5.74, 6) is 1.50. The number of rotatable bonds is 5. The Morgan fingerprint density at radius 2 is 2.41 bits per heavy atom. The van der Waals surface area contributed by atoms with Crippen LogP contribution in [0.5, 0.6) is 0 Å². The van der Waals surface area contributed by atoms with E-state index in [2.05, 4.69) is 21.3 Å². The highest BCUT2D eigenvalue weighted by Gasteiger charge is 2.24. The Labute approximate surface area is 132 Å². The summed E-state index contributed by atoms with van der Waals surface area (Å²) in [6, 6.07) is 9.81. The number of guanidine groups is 1. The van der Waals surface area contributed by atoms with Crippen molar-refractivity contribution in [2.75, 3.05) is 33.4 Å². The van der Waals surface area contributed by atoms with Crippen molar-refractivity contribution in [1.29, 1.82) is 5.26 Å². The van der Waals surface area contributed by atoms with Gasteiger partial charge in [0.05, 0.1) is 18.2 Å². The molecule has 0 aromatic heterocycles. The fourth-order valence-electron chi connectivity index (χ4n) is 2.71. The molecule has 0 amide bonds. The molecule has 5 heteroatoms. The average Bonchev–Trinajstić information content (AvgIpc) is 3.02. The monoisotopic (exact) mass is 300 g/mol. The molecule has 1 atom stereocenters. The maximum atomic E-state index is 8.94. The lowest BCUT2D eigenvalue weighted by Gasteiger charge is -2.21. The van der Waals surface area contributed by atoms with Gasteiger partial charge in [-0.3, -0.25) is 4.99 Å². The molecule has 1 heterocycles. The minimum atomic E-state index is 0.584. The third kappa shape index (κ3) is 4.47. The zero-order valence-corrected chi connectivity index (χ0v) is 13.4. The van der Waals surface area contributed by atoms with Crippen LogP contribution in [0.25, 0.3) is 0 Å². The van der Waals surface area contributed by atoms with Crippen molar-refractivity contribution in [3.63, 3.8) is 0 Å². The van der Waals surface area contributed by atoms with E-state index in [1.54, 1.807) is 0 Å². The number of nitriles is 1. The molecule has 1 aromatic carbocycles. The lowest BCUT2D eigenvalue weighted by atomic mass is 10.1. The van der Waals surface area contributed by atoms with E-state index >= 15 is 0 Å². The molecule has 2 rings (SSSR count). The van der Waals surface area contributed by atoms with E-state index in [9.17, 15) is 0 Å². The van der Waals surface area contributed by atoms with Gasteiger partial charge in [-0.1, -0.05) is 12.1 Å². The summed E-state index contributed by atoms with van der Waals surface area (Å²) in [7, 11) is 1.81. The highest BCUT2D eigenvalue weighted by atomic mass is 16.5.